The van der Waals surface area contributed by atoms with Gasteiger partial charge in [-0.25, -0.2) is 14.7 Å². The number of carbonyl (C=O) groups excluding carboxylic acids is 2. The van der Waals surface area contributed by atoms with Gasteiger partial charge in [-0.3, -0.25) is 4.79 Å². The molecule has 0 bridgehead atoms. The molecule has 0 N–H and O–H groups in total. The molecule has 1 aliphatic rings. The normalized spacial score (nSPS) is 16.8. The van der Waals surface area contributed by atoms with Gasteiger partial charge >= 0.3 is 6.03 Å². The first-order valence-electron chi connectivity index (χ1n) is 11.7. The van der Waals surface area contributed by atoms with Gasteiger partial charge in [0.2, 0.25) is 0 Å². The van der Waals surface area contributed by atoms with Gasteiger partial charge in [0, 0.05) is 15.6 Å². The lowest BCUT2D eigenvalue weighted by Gasteiger charge is -2.29. The van der Waals surface area contributed by atoms with Crippen LogP contribution in [0.5, 0.6) is 0 Å². The molecule has 5 rings (SSSR count). The number of rotatable bonds is 4. The number of anilines is 1. The molecule has 4 aromatic rings. The average Bonchev–Trinajstić information content (AvgIpc) is 3.30. The number of carbonyl (C=O) groups is 2. The van der Waals surface area contributed by atoms with E-state index in [-0.39, 0.29) is 6.54 Å². The fraction of sp³-hybridized carbons (Fsp3) is 0.100. The number of amides is 3. The minimum Gasteiger partial charge on any atom is -0.268 e. The molecule has 0 spiro atoms. The van der Waals surface area contributed by atoms with Crippen LogP contribution in [0.1, 0.15) is 28.4 Å². The third-order valence-corrected chi connectivity index (χ3v) is 6.96. The summed E-state index contributed by atoms with van der Waals surface area (Å²) in [6.07, 6.45) is 0. The van der Waals surface area contributed by atoms with E-state index in [0.717, 1.165) is 16.0 Å². The Bertz CT molecular complexity index is 1460. The van der Waals surface area contributed by atoms with Crippen LogP contribution >= 0.6 is 23.2 Å². The Balaban J connectivity index is 1.59. The van der Waals surface area contributed by atoms with Crippen LogP contribution in [0.25, 0.3) is 0 Å². The molecular formula is C30H23Cl2N3O2. The molecule has 7 heteroatoms. The van der Waals surface area contributed by atoms with Gasteiger partial charge in [0.15, 0.2) is 0 Å². The first-order valence-corrected chi connectivity index (χ1v) is 12.5. The van der Waals surface area contributed by atoms with E-state index in [1.165, 1.54) is 5.01 Å². The minimum absolute atomic E-state index is 0.250. The molecule has 37 heavy (non-hydrogen) atoms. The van der Waals surface area contributed by atoms with Crippen LogP contribution in [0.3, 0.4) is 0 Å². The molecular weight excluding hydrogens is 505 g/mol. The molecule has 184 valence electrons. The number of imide groups is 1. The Morgan fingerprint density at radius 2 is 1.32 bits per heavy atom. The number of hydrogen-bond donors (Lipinski definition) is 0. The van der Waals surface area contributed by atoms with E-state index in [9.17, 15) is 9.59 Å². The zero-order valence-electron chi connectivity index (χ0n) is 20.0. The molecule has 0 saturated heterocycles. The maximum Gasteiger partial charge on any atom is 0.352 e. The lowest BCUT2D eigenvalue weighted by atomic mass is 9.76. The minimum atomic E-state index is -0.619. The zero-order chi connectivity index (χ0) is 26.0. The number of halogens is 2. The van der Waals surface area contributed by atoms with Crippen LogP contribution in [-0.4, -0.2) is 29.2 Å². The Hall–Kier alpha value is -3.93. The molecule has 0 aliphatic carbocycles. The largest absolute Gasteiger partial charge is 0.352 e. The topological polar surface area (TPSA) is 53.0 Å². The number of hydrogen-bond acceptors (Lipinski definition) is 3. The third kappa shape index (κ3) is 4.88. The number of urea groups is 1. The summed E-state index contributed by atoms with van der Waals surface area (Å²) in [5.41, 5.74) is 2.74. The molecule has 1 atom stereocenters. The quantitative estimate of drug-likeness (QED) is 0.277. The summed E-state index contributed by atoms with van der Waals surface area (Å²) < 4.78 is 0. The lowest BCUT2D eigenvalue weighted by Crippen LogP contribution is -2.46. The highest BCUT2D eigenvalue weighted by Crippen LogP contribution is 2.36. The van der Waals surface area contributed by atoms with Gasteiger partial charge in [-0.1, -0.05) is 83.9 Å². The molecule has 5 nitrogen and oxygen atoms in total. The van der Waals surface area contributed by atoms with Crippen molar-refractivity contribution in [3.05, 3.63) is 136 Å². The molecule has 0 saturated carbocycles. The molecule has 1 unspecified atom stereocenters. The van der Waals surface area contributed by atoms with Gasteiger partial charge < -0.3 is 0 Å². The molecule has 4 aromatic carbocycles. The summed E-state index contributed by atoms with van der Waals surface area (Å²) in [4.78, 5) is 28.8. The summed E-state index contributed by atoms with van der Waals surface area (Å²) in [7, 11) is 0. The third-order valence-electron chi connectivity index (χ3n) is 6.46. The number of hydrazone groups is 1. The highest BCUT2D eigenvalue weighted by atomic mass is 35.5. The van der Waals surface area contributed by atoms with Gasteiger partial charge in [0.25, 0.3) is 5.91 Å². The molecule has 3 amide bonds. The second-order valence-electron chi connectivity index (χ2n) is 8.98. The van der Waals surface area contributed by atoms with E-state index >= 15 is 0 Å². The van der Waals surface area contributed by atoms with Crippen molar-refractivity contribution in [3.63, 3.8) is 0 Å². The van der Waals surface area contributed by atoms with Crippen molar-refractivity contribution >= 4 is 46.5 Å². The highest BCUT2D eigenvalue weighted by molar-refractivity contribution is 6.31. The first kappa shape index (κ1) is 24.8. The predicted molar refractivity (Wildman–Crippen MR) is 149 cm³/mol. The predicted octanol–water partition coefficient (Wildman–Crippen LogP) is 7.44. The van der Waals surface area contributed by atoms with Crippen LogP contribution in [0.4, 0.5) is 10.5 Å². The fourth-order valence-corrected chi connectivity index (χ4v) is 4.75. The summed E-state index contributed by atoms with van der Waals surface area (Å²) in [5, 5.41) is 7.28. The van der Waals surface area contributed by atoms with E-state index in [2.05, 4.69) is 6.92 Å². The second-order valence-corrected chi connectivity index (χ2v) is 9.85. The van der Waals surface area contributed by atoms with Crippen LogP contribution in [0.15, 0.2) is 114 Å². The van der Waals surface area contributed by atoms with Crippen molar-refractivity contribution in [1.82, 2.24) is 5.01 Å². The maximum absolute atomic E-state index is 14.1. The zero-order valence-corrected chi connectivity index (χ0v) is 21.5. The summed E-state index contributed by atoms with van der Waals surface area (Å²) >= 11 is 12.2. The summed E-state index contributed by atoms with van der Waals surface area (Å²) in [5.74, 6) is -0.454. The Kier molecular flexibility index (Phi) is 6.83. The molecule has 0 aromatic heterocycles. The Labute approximate surface area is 225 Å². The second kappa shape index (κ2) is 10.2. The van der Waals surface area contributed by atoms with Crippen molar-refractivity contribution in [2.75, 3.05) is 11.4 Å². The Morgan fingerprint density at radius 3 is 1.92 bits per heavy atom. The molecule has 1 heterocycles. The Morgan fingerprint density at radius 1 is 0.784 bits per heavy atom. The van der Waals surface area contributed by atoms with E-state index in [0.29, 0.717) is 27.0 Å². The number of benzene rings is 4. The maximum atomic E-state index is 14.1. The van der Waals surface area contributed by atoms with Gasteiger partial charge in [0.1, 0.15) is 0 Å². The van der Waals surface area contributed by atoms with Crippen molar-refractivity contribution < 1.29 is 9.59 Å². The molecule has 0 fully saturated rings. The van der Waals surface area contributed by atoms with Crippen LogP contribution < -0.4 is 4.90 Å². The van der Waals surface area contributed by atoms with Crippen LogP contribution in [-0.2, 0) is 5.41 Å². The smallest absolute Gasteiger partial charge is 0.268 e. The standard InChI is InChI=1S/C30H23Cl2N3O2/c1-30(23-10-6-3-7-11-23)20-34(33-27(30)21-12-14-24(31)15-13-21)29(37)35(26-18-16-25(32)17-19-26)28(36)22-8-4-2-5-9-22/h2-19H,20H2,1H3. The van der Waals surface area contributed by atoms with Gasteiger partial charge in [-0.2, -0.15) is 5.10 Å². The van der Waals surface area contributed by atoms with E-state index in [1.54, 1.807) is 60.7 Å². The SMILES string of the molecule is CC1(c2ccccc2)CN(C(=O)N(C(=O)c2ccccc2)c2ccc(Cl)cc2)N=C1c1ccc(Cl)cc1. The molecule has 1 aliphatic heterocycles. The van der Waals surface area contributed by atoms with Crippen LogP contribution in [0, 0.1) is 0 Å². The average molecular weight is 528 g/mol. The van der Waals surface area contributed by atoms with Gasteiger partial charge in [-0.05, 0) is 66.6 Å². The monoisotopic (exact) mass is 527 g/mol. The van der Waals surface area contributed by atoms with E-state index < -0.39 is 17.4 Å². The highest BCUT2D eigenvalue weighted by Gasteiger charge is 2.44. The van der Waals surface area contributed by atoms with Crippen LogP contribution in [0.2, 0.25) is 10.0 Å². The van der Waals surface area contributed by atoms with E-state index in [4.69, 9.17) is 28.3 Å². The summed E-state index contributed by atoms with van der Waals surface area (Å²) in [6.45, 7) is 2.30. The lowest BCUT2D eigenvalue weighted by molar-refractivity contribution is 0.0986. The van der Waals surface area contributed by atoms with Crippen molar-refractivity contribution in [3.8, 4) is 0 Å². The fourth-order valence-electron chi connectivity index (χ4n) is 4.50. The van der Waals surface area contributed by atoms with E-state index in [1.807, 2.05) is 48.5 Å². The van der Waals surface area contributed by atoms with Gasteiger partial charge in [0.05, 0.1) is 23.4 Å². The first-order chi connectivity index (χ1) is 17.9. The number of nitrogens with zero attached hydrogens (tertiary/aromatic N) is 3. The summed E-state index contributed by atoms with van der Waals surface area (Å²) in [6, 6.07) is 32.0. The molecule has 0 radical (unpaired) electrons. The van der Waals surface area contributed by atoms with Crippen molar-refractivity contribution in [2.45, 2.75) is 12.3 Å². The van der Waals surface area contributed by atoms with Crippen molar-refractivity contribution in [2.24, 2.45) is 5.10 Å². The van der Waals surface area contributed by atoms with Gasteiger partial charge in [-0.15, -0.1) is 0 Å². The van der Waals surface area contributed by atoms with Crippen molar-refractivity contribution in [1.29, 1.82) is 0 Å².